The molecule has 0 radical (unpaired) electrons. The summed E-state index contributed by atoms with van der Waals surface area (Å²) >= 11 is 0. The first-order valence-electron chi connectivity index (χ1n) is 4.35. The van der Waals surface area contributed by atoms with Gasteiger partial charge in [-0.2, -0.15) is 0 Å². The van der Waals surface area contributed by atoms with E-state index in [0.717, 1.165) is 0 Å². The Balaban J connectivity index is 2.78. The molecule has 0 spiro atoms. The number of carboxylic acid groups (broad SMARTS) is 1. The Morgan fingerprint density at radius 3 is 2.87 bits per heavy atom. The van der Waals surface area contributed by atoms with Crippen LogP contribution in [0.1, 0.15) is 12.0 Å². The lowest BCUT2D eigenvalue weighted by Crippen LogP contribution is -1.90. The first kappa shape index (κ1) is 11.2. The van der Waals surface area contributed by atoms with Crippen molar-refractivity contribution in [2.24, 2.45) is 0 Å². The van der Waals surface area contributed by atoms with Gasteiger partial charge in [0.05, 0.1) is 13.5 Å². The van der Waals surface area contributed by atoms with Crippen molar-refractivity contribution in [3.63, 3.8) is 0 Å². The summed E-state index contributed by atoms with van der Waals surface area (Å²) in [4.78, 5) is 10.2. The van der Waals surface area contributed by atoms with E-state index in [2.05, 4.69) is 0 Å². The van der Waals surface area contributed by atoms with E-state index in [1.807, 2.05) is 0 Å². The molecule has 1 aromatic carbocycles. The lowest BCUT2D eigenvalue weighted by atomic mass is 10.2. The largest absolute Gasteiger partial charge is 0.497 e. The summed E-state index contributed by atoms with van der Waals surface area (Å²) in [5.74, 6) is -0.945. The third kappa shape index (κ3) is 3.42. The van der Waals surface area contributed by atoms with Crippen LogP contribution in [0.4, 0.5) is 4.39 Å². The molecule has 0 amide bonds. The number of rotatable bonds is 4. The molecule has 1 rings (SSSR count). The SMILES string of the molecule is COc1ccc(C=CCC(=O)O)c(F)c1. The molecule has 3 nitrogen and oxygen atoms in total. The maximum atomic E-state index is 13.3. The van der Waals surface area contributed by atoms with E-state index in [1.165, 1.54) is 31.4 Å². The summed E-state index contributed by atoms with van der Waals surface area (Å²) in [5, 5.41) is 8.38. The van der Waals surface area contributed by atoms with Crippen LogP contribution < -0.4 is 4.74 Å². The van der Waals surface area contributed by atoms with Gasteiger partial charge >= 0.3 is 5.97 Å². The molecule has 0 fully saturated rings. The fraction of sp³-hybridized carbons (Fsp3) is 0.182. The van der Waals surface area contributed by atoms with Crippen molar-refractivity contribution >= 4 is 12.0 Å². The van der Waals surface area contributed by atoms with E-state index < -0.39 is 11.8 Å². The van der Waals surface area contributed by atoms with Gasteiger partial charge < -0.3 is 9.84 Å². The summed E-state index contributed by atoms with van der Waals surface area (Å²) < 4.78 is 18.1. The van der Waals surface area contributed by atoms with Gasteiger partial charge in [-0.1, -0.05) is 12.2 Å². The van der Waals surface area contributed by atoms with Crippen molar-refractivity contribution in [2.45, 2.75) is 6.42 Å². The Kier molecular flexibility index (Phi) is 3.85. The van der Waals surface area contributed by atoms with E-state index >= 15 is 0 Å². The highest BCUT2D eigenvalue weighted by Crippen LogP contribution is 2.17. The quantitative estimate of drug-likeness (QED) is 0.829. The minimum Gasteiger partial charge on any atom is -0.497 e. The fourth-order valence-electron chi connectivity index (χ4n) is 1.06. The van der Waals surface area contributed by atoms with Crippen molar-refractivity contribution in [1.29, 1.82) is 0 Å². The molecule has 0 aliphatic heterocycles. The van der Waals surface area contributed by atoms with Gasteiger partial charge in [-0.25, -0.2) is 4.39 Å². The van der Waals surface area contributed by atoms with Crippen LogP contribution in [0.15, 0.2) is 24.3 Å². The average molecular weight is 210 g/mol. The van der Waals surface area contributed by atoms with Crippen LogP contribution in [0.3, 0.4) is 0 Å². The lowest BCUT2D eigenvalue weighted by Gasteiger charge is -2.01. The topological polar surface area (TPSA) is 46.5 Å². The number of hydrogen-bond acceptors (Lipinski definition) is 2. The first-order chi connectivity index (χ1) is 7.13. The zero-order chi connectivity index (χ0) is 11.3. The van der Waals surface area contributed by atoms with E-state index in [4.69, 9.17) is 9.84 Å². The second-order valence-corrected chi connectivity index (χ2v) is 2.89. The van der Waals surface area contributed by atoms with Crippen molar-refractivity contribution in [3.8, 4) is 5.75 Å². The highest BCUT2D eigenvalue weighted by Gasteiger charge is 2.00. The summed E-state index contributed by atoms with van der Waals surface area (Å²) in [6.45, 7) is 0. The van der Waals surface area contributed by atoms with Crippen molar-refractivity contribution in [3.05, 3.63) is 35.7 Å². The Labute approximate surface area is 86.8 Å². The van der Waals surface area contributed by atoms with E-state index in [-0.39, 0.29) is 6.42 Å². The second kappa shape index (κ2) is 5.14. The number of methoxy groups -OCH3 is 1. The number of benzene rings is 1. The van der Waals surface area contributed by atoms with Crippen LogP contribution in [-0.2, 0) is 4.79 Å². The smallest absolute Gasteiger partial charge is 0.307 e. The van der Waals surface area contributed by atoms with E-state index in [9.17, 15) is 9.18 Å². The van der Waals surface area contributed by atoms with Crippen LogP contribution >= 0.6 is 0 Å². The van der Waals surface area contributed by atoms with Crippen LogP contribution in [0.5, 0.6) is 5.75 Å². The first-order valence-corrected chi connectivity index (χ1v) is 4.35. The summed E-state index contributed by atoms with van der Waals surface area (Å²) in [6, 6.07) is 4.40. The zero-order valence-corrected chi connectivity index (χ0v) is 8.24. The molecule has 0 aliphatic carbocycles. The Hall–Kier alpha value is -1.84. The molecule has 1 N–H and O–H groups in total. The minimum absolute atomic E-state index is 0.120. The molecule has 0 saturated carbocycles. The molecule has 0 aliphatic rings. The van der Waals surface area contributed by atoms with E-state index in [0.29, 0.717) is 11.3 Å². The lowest BCUT2D eigenvalue weighted by molar-refractivity contribution is -0.135. The van der Waals surface area contributed by atoms with Gasteiger partial charge in [0, 0.05) is 11.6 Å². The average Bonchev–Trinajstić information content (AvgIpc) is 2.20. The summed E-state index contributed by atoms with van der Waals surface area (Å²) in [7, 11) is 1.45. The van der Waals surface area contributed by atoms with Crippen molar-refractivity contribution in [1.82, 2.24) is 0 Å². The van der Waals surface area contributed by atoms with Gasteiger partial charge in [-0.3, -0.25) is 4.79 Å². The van der Waals surface area contributed by atoms with E-state index in [1.54, 1.807) is 6.07 Å². The fourth-order valence-corrected chi connectivity index (χ4v) is 1.06. The molecule has 15 heavy (non-hydrogen) atoms. The molecule has 1 aromatic rings. The number of halogens is 1. The van der Waals surface area contributed by atoms with Gasteiger partial charge in [0.25, 0.3) is 0 Å². The maximum absolute atomic E-state index is 13.3. The molecule has 0 saturated heterocycles. The molecule has 0 unspecified atom stereocenters. The third-order valence-corrected chi connectivity index (χ3v) is 1.80. The van der Waals surface area contributed by atoms with Gasteiger partial charge in [0.15, 0.2) is 0 Å². The molecule has 4 heteroatoms. The molecule has 0 aromatic heterocycles. The molecule has 0 heterocycles. The molecule has 80 valence electrons. The highest BCUT2D eigenvalue weighted by molar-refractivity contribution is 5.70. The normalized spacial score (nSPS) is 10.5. The Morgan fingerprint density at radius 2 is 2.33 bits per heavy atom. The van der Waals surface area contributed by atoms with Crippen LogP contribution in [-0.4, -0.2) is 18.2 Å². The van der Waals surface area contributed by atoms with Gasteiger partial charge in [-0.15, -0.1) is 0 Å². The Morgan fingerprint density at radius 1 is 1.60 bits per heavy atom. The van der Waals surface area contributed by atoms with Crippen molar-refractivity contribution < 1.29 is 19.0 Å². The van der Waals surface area contributed by atoms with Gasteiger partial charge in [-0.05, 0) is 12.1 Å². The third-order valence-electron chi connectivity index (χ3n) is 1.80. The molecular weight excluding hydrogens is 199 g/mol. The zero-order valence-electron chi connectivity index (χ0n) is 8.24. The maximum Gasteiger partial charge on any atom is 0.307 e. The Bertz CT molecular complexity index is 385. The minimum atomic E-state index is -0.944. The highest BCUT2D eigenvalue weighted by atomic mass is 19.1. The molecule has 0 atom stereocenters. The monoisotopic (exact) mass is 210 g/mol. The van der Waals surface area contributed by atoms with Gasteiger partial charge in [0.2, 0.25) is 0 Å². The number of carbonyl (C=O) groups is 1. The summed E-state index contributed by atoms with van der Waals surface area (Å²) in [5.41, 5.74) is 0.344. The van der Waals surface area contributed by atoms with Gasteiger partial charge in [0.1, 0.15) is 11.6 Å². The second-order valence-electron chi connectivity index (χ2n) is 2.89. The standard InChI is InChI=1S/C11H11FO3/c1-15-9-6-5-8(10(12)7-9)3-2-4-11(13)14/h2-3,5-7H,4H2,1H3,(H,13,14). The van der Waals surface area contributed by atoms with Crippen molar-refractivity contribution in [2.75, 3.05) is 7.11 Å². The number of aliphatic carboxylic acids is 1. The molecular formula is C11H11FO3. The van der Waals surface area contributed by atoms with Crippen LogP contribution in [0.25, 0.3) is 6.08 Å². The summed E-state index contributed by atoms with van der Waals surface area (Å²) in [6.07, 6.45) is 2.71. The molecule has 0 bridgehead atoms. The van der Waals surface area contributed by atoms with Crippen LogP contribution in [0.2, 0.25) is 0 Å². The predicted octanol–water partition coefficient (Wildman–Crippen LogP) is 2.32. The van der Waals surface area contributed by atoms with Crippen LogP contribution in [0, 0.1) is 5.82 Å². The number of hydrogen-bond donors (Lipinski definition) is 1. The predicted molar refractivity (Wildman–Crippen MR) is 54.2 cm³/mol. The number of carboxylic acids is 1. The number of ether oxygens (including phenoxy) is 1.